The molecule has 1 heterocycles. The number of rotatable bonds is 4. The molecule has 5 heteroatoms. The van der Waals surface area contributed by atoms with E-state index >= 15 is 0 Å². The van der Waals surface area contributed by atoms with E-state index in [-0.39, 0.29) is 12.1 Å². The van der Waals surface area contributed by atoms with Crippen LogP contribution >= 0.6 is 15.9 Å². The summed E-state index contributed by atoms with van der Waals surface area (Å²) < 4.78 is 6.75. The SMILES string of the molecule is CCO[C@@H]1CCC(c2ccc(Br)cc2)=NN1C(=O)c1ccccc1. The first-order chi connectivity index (χ1) is 11.7. The number of hydrogen-bond donors (Lipinski definition) is 0. The third kappa shape index (κ3) is 3.74. The van der Waals surface area contributed by atoms with Crippen molar-refractivity contribution in [1.29, 1.82) is 0 Å². The zero-order chi connectivity index (χ0) is 16.9. The number of carbonyl (C=O) groups is 1. The number of halogens is 1. The van der Waals surface area contributed by atoms with Gasteiger partial charge in [-0.3, -0.25) is 4.79 Å². The van der Waals surface area contributed by atoms with E-state index in [2.05, 4.69) is 21.0 Å². The van der Waals surface area contributed by atoms with E-state index in [9.17, 15) is 4.79 Å². The number of ether oxygens (including phenoxy) is 1. The molecule has 0 spiro atoms. The van der Waals surface area contributed by atoms with E-state index in [1.165, 1.54) is 5.01 Å². The molecule has 3 rings (SSSR count). The Hall–Kier alpha value is -1.98. The van der Waals surface area contributed by atoms with Crippen molar-refractivity contribution in [3.8, 4) is 0 Å². The summed E-state index contributed by atoms with van der Waals surface area (Å²) in [6.45, 7) is 2.48. The maximum Gasteiger partial charge on any atom is 0.276 e. The summed E-state index contributed by atoms with van der Waals surface area (Å²) in [6, 6.07) is 17.2. The van der Waals surface area contributed by atoms with E-state index < -0.39 is 0 Å². The maximum atomic E-state index is 12.8. The minimum atomic E-state index is -0.318. The van der Waals surface area contributed by atoms with Crippen LogP contribution in [0.4, 0.5) is 0 Å². The van der Waals surface area contributed by atoms with Crippen LogP contribution < -0.4 is 0 Å². The predicted octanol–water partition coefficient (Wildman–Crippen LogP) is 4.45. The molecule has 0 aromatic heterocycles. The Bertz CT molecular complexity index is 729. The number of nitrogens with zero attached hydrogens (tertiary/aromatic N) is 2. The number of carbonyl (C=O) groups excluding carboxylic acids is 1. The molecule has 1 atom stereocenters. The largest absolute Gasteiger partial charge is 0.357 e. The predicted molar refractivity (Wildman–Crippen MR) is 97.9 cm³/mol. The van der Waals surface area contributed by atoms with Gasteiger partial charge < -0.3 is 4.74 Å². The van der Waals surface area contributed by atoms with Crippen LogP contribution in [0.25, 0.3) is 0 Å². The van der Waals surface area contributed by atoms with Gasteiger partial charge in [0.15, 0.2) is 6.23 Å². The molecule has 0 unspecified atom stereocenters. The third-order valence-electron chi connectivity index (χ3n) is 3.89. The van der Waals surface area contributed by atoms with Gasteiger partial charge in [-0.1, -0.05) is 46.3 Å². The Morgan fingerprint density at radius 1 is 1.21 bits per heavy atom. The van der Waals surface area contributed by atoms with Gasteiger partial charge in [-0.2, -0.15) is 5.10 Å². The summed E-state index contributed by atoms with van der Waals surface area (Å²) in [5.74, 6) is -0.136. The average molecular weight is 387 g/mol. The summed E-state index contributed by atoms with van der Waals surface area (Å²) in [6.07, 6.45) is 1.20. The Morgan fingerprint density at radius 2 is 1.92 bits per heavy atom. The topological polar surface area (TPSA) is 41.9 Å². The summed E-state index contributed by atoms with van der Waals surface area (Å²) in [5.41, 5.74) is 2.55. The highest BCUT2D eigenvalue weighted by Gasteiger charge is 2.29. The van der Waals surface area contributed by atoms with Gasteiger partial charge >= 0.3 is 0 Å². The van der Waals surface area contributed by atoms with Crippen LogP contribution in [0.5, 0.6) is 0 Å². The molecule has 0 N–H and O–H groups in total. The van der Waals surface area contributed by atoms with Gasteiger partial charge in [0.2, 0.25) is 0 Å². The lowest BCUT2D eigenvalue weighted by Crippen LogP contribution is -2.42. The molecule has 1 aliphatic heterocycles. The lowest BCUT2D eigenvalue weighted by molar-refractivity contribution is -0.0476. The van der Waals surface area contributed by atoms with Crippen molar-refractivity contribution in [3.05, 3.63) is 70.2 Å². The quantitative estimate of drug-likeness (QED) is 0.778. The van der Waals surface area contributed by atoms with Gasteiger partial charge in [-0.15, -0.1) is 0 Å². The first kappa shape index (κ1) is 16.9. The molecule has 2 aromatic carbocycles. The van der Waals surface area contributed by atoms with Gasteiger partial charge in [-0.25, -0.2) is 5.01 Å². The molecule has 124 valence electrons. The highest BCUT2D eigenvalue weighted by Crippen LogP contribution is 2.23. The second-order valence-electron chi connectivity index (χ2n) is 5.52. The summed E-state index contributed by atoms with van der Waals surface area (Å²) >= 11 is 3.44. The van der Waals surface area contributed by atoms with Crippen molar-refractivity contribution < 1.29 is 9.53 Å². The molecule has 0 aliphatic carbocycles. The monoisotopic (exact) mass is 386 g/mol. The summed E-state index contributed by atoms with van der Waals surface area (Å²) in [4.78, 5) is 12.8. The maximum absolute atomic E-state index is 12.8. The zero-order valence-electron chi connectivity index (χ0n) is 13.5. The fourth-order valence-electron chi connectivity index (χ4n) is 2.71. The van der Waals surface area contributed by atoms with Gasteiger partial charge in [0.25, 0.3) is 5.91 Å². The van der Waals surface area contributed by atoms with Crippen molar-refractivity contribution in [1.82, 2.24) is 5.01 Å². The molecule has 0 saturated carbocycles. The Labute approximate surface area is 150 Å². The molecule has 0 saturated heterocycles. The van der Waals surface area contributed by atoms with E-state index in [0.717, 1.165) is 28.6 Å². The van der Waals surface area contributed by atoms with Crippen molar-refractivity contribution in [3.63, 3.8) is 0 Å². The molecule has 0 bridgehead atoms. The highest BCUT2D eigenvalue weighted by molar-refractivity contribution is 9.10. The molecular weight excluding hydrogens is 368 g/mol. The number of benzene rings is 2. The van der Waals surface area contributed by atoms with Crippen LogP contribution in [0.15, 0.2) is 64.2 Å². The van der Waals surface area contributed by atoms with Gasteiger partial charge in [-0.05, 0) is 49.6 Å². The van der Waals surface area contributed by atoms with Gasteiger partial charge in [0.05, 0.1) is 5.71 Å². The number of hydrazone groups is 1. The first-order valence-corrected chi connectivity index (χ1v) is 8.82. The molecular formula is C19H19BrN2O2. The smallest absolute Gasteiger partial charge is 0.276 e. The van der Waals surface area contributed by atoms with Gasteiger partial charge in [0, 0.05) is 16.6 Å². The number of amides is 1. The minimum absolute atomic E-state index is 0.136. The first-order valence-electron chi connectivity index (χ1n) is 8.02. The van der Waals surface area contributed by atoms with Crippen LogP contribution in [-0.4, -0.2) is 29.5 Å². The van der Waals surface area contributed by atoms with Crippen molar-refractivity contribution in [2.45, 2.75) is 26.0 Å². The minimum Gasteiger partial charge on any atom is -0.357 e. The van der Waals surface area contributed by atoms with Crippen molar-refractivity contribution in [2.24, 2.45) is 5.10 Å². The van der Waals surface area contributed by atoms with E-state index in [0.29, 0.717) is 12.2 Å². The fourth-order valence-corrected chi connectivity index (χ4v) is 2.97. The molecule has 4 nitrogen and oxygen atoms in total. The van der Waals surface area contributed by atoms with Crippen LogP contribution in [0.1, 0.15) is 35.7 Å². The molecule has 0 radical (unpaired) electrons. The molecule has 2 aromatic rings. The van der Waals surface area contributed by atoms with Crippen LogP contribution in [0.2, 0.25) is 0 Å². The second-order valence-corrected chi connectivity index (χ2v) is 6.43. The normalized spacial score (nSPS) is 17.5. The van der Waals surface area contributed by atoms with Gasteiger partial charge in [0.1, 0.15) is 0 Å². The third-order valence-corrected chi connectivity index (χ3v) is 4.42. The second kappa shape index (κ2) is 7.73. The lowest BCUT2D eigenvalue weighted by Gasteiger charge is -2.32. The molecule has 1 aliphatic rings. The molecule has 0 fully saturated rings. The fraction of sp³-hybridized carbons (Fsp3) is 0.263. The van der Waals surface area contributed by atoms with E-state index in [4.69, 9.17) is 4.74 Å². The Balaban J connectivity index is 1.92. The molecule has 1 amide bonds. The van der Waals surface area contributed by atoms with Crippen molar-refractivity contribution in [2.75, 3.05) is 6.61 Å². The zero-order valence-corrected chi connectivity index (χ0v) is 15.1. The van der Waals surface area contributed by atoms with Crippen molar-refractivity contribution >= 4 is 27.5 Å². The standard InChI is InChI=1S/C19H19BrN2O2/c1-2-24-18-13-12-17(14-8-10-16(20)11-9-14)21-22(18)19(23)15-6-4-3-5-7-15/h3-11,18H,2,12-13H2,1H3/t18-/m1/s1. The average Bonchev–Trinajstić information content (AvgIpc) is 2.63. The Morgan fingerprint density at radius 3 is 2.58 bits per heavy atom. The van der Waals surface area contributed by atoms with Crippen LogP contribution in [0.3, 0.4) is 0 Å². The summed E-state index contributed by atoms with van der Waals surface area (Å²) in [7, 11) is 0. The van der Waals surface area contributed by atoms with Crippen LogP contribution in [-0.2, 0) is 4.74 Å². The van der Waals surface area contributed by atoms with E-state index in [1.807, 2.05) is 49.4 Å². The highest BCUT2D eigenvalue weighted by atomic mass is 79.9. The van der Waals surface area contributed by atoms with E-state index in [1.54, 1.807) is 12.1 Å². The van der Waals surface area contributed by atoms with Crippen LogP contribution in [0, 0.1) is 0 Å². The Kier molecular flexibility index (Phi) is 5.43. The number of hydrogen-bond acceptors (Lipinski definition) is 3. The summed E-state index contributed by atoms with van der Waals surface area (Å²) in [5, 5.41) is 6.10. The lowest BCUT2D eigenvalue weighted by atomic mass is 10.0. The molecule has 24 heavy (non-hydrogen) atoms.